The van der Waals surface area contributed by atoms with E-state index in [1.807, 2.05) is 0 Å². The van der Waals surface area contributed by atoms with Gasteiger partial charge in [-0.1, -0.05) is 90.4 Å². The predicted octanol–water partition coefficient (Wildman–Crippen LogP) is -3.79. The van der Waals surface area contributed by atoms with Crippen molar-refractivity contribution in [3.05, 3.63) is 65.7 Å². The van der Waals surface area contributed by atoms with Gasteiger partial charge in [0.2, 0.25) is 76.8 Å². The van der Waals surface area contributed by atoms with Gasteiger partial charge >= 0.3 is 5.97 Å². The van der Waals surface area contributed by atoms with Crippen LogP contribution in [0.2, 0.25) is 0 Å². The fraction of sp³-hybridized carbons (Fsp3) is 0.623. The predicted molar refractivity (Wildman–Crippen MR) is 455 cm³/mol. The van der Waals surface area contributed by atoms with E-state index < -0.39 is 168 Å². The molecule has 1 aliphatic heterocycles. The Morgan fingerprint density at radius 1 is 0.487 bits per heavy atom. The van der Waals surface area contributed by atoms with Crippen molar-refractivity contribution in [1.82, 2.24) is 69.1 Å². The van der Waals surface area contributed by atoms with Gasteiger partial charge in [0.15, 0.2) is 17.9 Å². The van der Waals surface area contributed by atoms with Crippen LogP contribution in [0.25, 0.3) is 0 Å². The van der Waals surface area contributed by atoms with Gasteiger partial charge in [0.05, 0.1) is 13.1 Å². The van der Waals surface area contributed by atoms with Crippen LogP contribution in [0.3, 0.4) is 0 Å². The molecule has 0 spiro atoms. The smallest absolute Gasteiger partial charge is 0.326 e. The number of amides is 13. The molecule has 0 aromatic heterocycles. The van der Waals surface area contributed by atoms with Crippen LogP contribution in [0.5, 0.6) is 5.75 Å². The first kappa shape index (κ1) is 102. The lowest BCUT2D eigenvalue weighted by molar-refractivity contribution is -0.142. The lowest BCUT2D eigenvalue weighted by Crippen LogP contribution is -2.61. The molecule has 1 fully saturated rings. The summed E-state index contributed by atoms with van der Waals surface area (Å²) in [5.74, 6) is -14.6. The Labute approximate surface area is 703 Å². The second-order valence-electron chi connectivity index (χ2n) is 29.8. The fourth-order valence-corrected chi connectivity index (χ4v) is 14.3. The summed E-state index contributed by atoms with van der Waals surface area (Å²) in [6, 6.07) is -1.28. The molecule has 1 saturated heterocycles. The number of phenols is 1. The average Bonchev–Trinajstić information content (AvgIpc) is 0.852. The summed E-state index contributed by atoms with van der Waals surface area (Å²) >= 11 is 2.34. The number of thioether (sulfide) groups is 2. The lowest BCUT2D eigenvalue weighted by Gasteiger charge is -2.30. The minimum atomic E-state index is -1.54. The number of aliphatic carboxylic acids is 1. The van der Waals surface area contributed by atoms with Gasteiger partial charge in [0.1, 0.15) is 72.2 Å². The Bertz CT molecular complexity index is 3680. The van der Waals surface area contributed by atoms with Gasteiger partial charge in [-0.05, 0) is 144 Å². The number of aliphatic imine (C=N–C) groups is 3. The number of nitrogens with one attached hydrogen (secondary N) is 13. The second kappa shape index (κ2) is 56.6. The first-order valence-corrected chi connectivity index (χ1v) is 42.5. The topological polar surface area (TPSA) is 681 Å². The summed E-state index contributed by atoms with van der Waals surface area (Å²) in [7, 11) is 0. The van der Waals surface area contributed by atoms with Crippen molar-refractivity contribution in [2.24, 2.45) is 78.6 Å². The number of benzene rings is 2. The summed E-state index contributed by atoms with van der Waals surface area (Å²) in [6.07, 6.45) is 0.980. The van der Waals surface area contributed by atoms with E-state index in [9.17, 15) is 58.2 Å². The molecule has 0 aliphatic carbocycles. The number of carbonyl (C=O) groups is 14. The summed E-state index contributed by atoms with van der Waals surface area (Å²) < 4.78 is 0. The highest BCUT2D eigenvalue weighted by atomic mass is 32.2. The zero-order valence-electron chi connectivity index (χ0n) is 69.0. The number of carboxylic acid groups (broad SMARTS) is 1. The molecule has 2 aromatic carbocycles. The van der Waals surface area contributed by atoms with Crippen LogP contribution in [-0.2, 0) is 80.0 Å². The van der Waals surface area contributed by atoms with E-state index in [-0.39, 0.29) is 181 Å². The highest BCUT2D eigenvalue weighted by Crippen LogP contribution is 2.20. The number of hydrogen-bond donors (Lipinski definition) is 23. The van der Waals surface area contributed by atoms with E-state index >= 15 is 19.2 Å². The largest absolute Gasteiger partial charge is 0.508 e. The van der Waals surface area contributed by atoms with Crippen molar-refractivity contribution in [3.63, 3.8) is 0 Å². The Kier molecular flexibility index (Phi) is 48.7. The number of hydrogen-bond acceptors (Lipinski definition) is 22. The normalized spacial score (nSPS) is 20.8. The summed E-state index contributed by atoms with van der Waals surface area (Å²) in [5, 5.41) is 54.9. The van der Waals surface area contributed by atoms with Crippen LogP contribution in [0.1, 0.15) is 155 Å². The lowest BCUT2D eigenvalue weighted by atomic mass is 9.96. The van der Waals surface area contributed by atoms with Crippen LogP contribution >= 0.6 is 23.5 Å². The van der Waals surface area contributed by atoms with Crippen molar-refractivity contribution < 1.29 is 77.3 Å². The molecular formula is C77H128N24O16S2. The number of nitrogens with zero attached hydrogens (tertiary/aromatic N) is 3. The van der Waals surface area contributed by atoms with Gasteiger partial charge in [0, 0.05) is 55.5 Å². The number of aromatic hydroxyl groups is 1. The molecule has 31 N–H and O–H groups in total. The number of carboxylic acids is 1. The van der Waals surface area contributed by atoms with Crippen molar-refractivity contribution in [3.8, 4) is 5.75 Å². The first-order chi connectivity index (χ1) is 56.5. The van der Waals surface area contributed by atoms with E-state index in [0.29, 0.717) is 30.4 Å². The first-order valence-electron chi connectivity index (χ1n) is 40.2. The number of carbonyl (C=O) groups excluding carboxylic acids is 13. The minimum absolute atomic E-state index is 0.0216. The number of rotatable bonds is 37. The van der Waals surface area contributed by atoms with Gasteiger partial charge in [-0.2, -0.15) is 11.8 Å². The van der Waals surface area contributed by atoms with Gasteiger partial charge in [-0.15, -0.1) is 11.8 Å². The molecule has 0 unspecified atom stereocenters. The highest BCUT2D eigenvalue weighted by Gasteiger charge is 2.38. The fourth-order valence-electron chi connectivity index (χ4n) is 12.2. The molecule has 0 bridgehead atoms. The number of unbranched alkanes of at least 4 members (excludes halogenated alkanes) is 2. The third-order valence-corrected chi connectivity index (χ3v) is 21.1. The standard InChI is InChI=1S/C77H128N24O16S2/c1-7-46(6)63-73(115)96-52(23-16-33-87-76(82)83)67(109)100-59(72(114)95-50(20-11-13-30-78)66(108)98-56(37-45(4)5)70(112)97-54(74(116)117)21-12-14-31-79)42-119-43-118-35-29-60(103)91-57(39-48-25-27-49(102)28-26-48)64(106)90-40-61(104)89-41-62(105)92-58(38-47-18-9-8-10-19-47)71(113)99-55(36-44(2)3)69(111)94-51(22-15-32-86-75(80)81)65(107)93-53(68(110)101-63)24-17-34-88-77(84)85/h8-10,18-19,25-28,44-46,50-59,63,102H,7,11-17,20-24,29-43,78-79H2,1-6H3,(H,89,104)(H,90,106)(H,91,103)(H,92,105)(H,93,107)(H,94,111)(H,95,114)(H,96,115)(H,97,112)(H,98,108)(H,99,113)(H,100,109)(H,101,110)(H,116,117)(H4,80,81,86)(H4,82,83,87)(H4,84,85,88)/t46-,50-,51-,52-,53-,54-,55-,56-,57-,58-,59-,63-/m0/s1. The van der Waals surface area contributed by atoms with E-state index in [1.165, 1.54) is 36.0 Å². The molecule has 13 amide bonds. The van der Waals surface area contributed by atoms with Crippen LogP contribution < -0.4 is 115 Å². The minimum Gasteiger partial charge on any atom is -0.508 e. The molecule has 42 heteroatoms. The molecule has 1 aliphatic rings. The van der Waals surface area contributed by atoms with Crippen molar-refractivity contribution >= 4 is 124 Å². The zero-order chi connectivity index (χ0) is 88.5. The zero-order valence-corrected chi connectivity index (χ0v) is 70.6. The summed E-state index contributed by atoms with van der Waals surface area (Å²) in [5.41, 5.74) is 46.7. The molecular weight excluding hydrogens is 1580 g/mol. The van der Waals surface area contributed by atoms with Crippen molar-refractivity contribution in [2.45, 2.75) is 224 Å². The molecule has 664 valence electrons. The van der Waals surface area contributed by atoms with Crippen molar-refractivity contribution in [2.75, 3.05) is 62.4 Å². The summed E-state index contributed by atoms with van der Waals surface area (Å²) in [4.78, 5) is 213. The quantitative estimate of drug-likeness (QED) is 0.0175. The van der Waals surface area contributed by atoms with Gasteiger partial charge in [-0.3, -0.25) is 77.3 Å². The van der Waals surface area contributed by atoms with E-state index in [0.717, 1.165) is 11.8 Å². The third-order valence-electron chi connectivity index (χ3n) is 18.7. The molecule has 1 heterocycles. The van der Waals surface area contributed by atoms with Crippen LogP contribution in [0.15, 0.2) is 69.6 Å². The number of phenolic OH excluding ortho intramolecular Hbond substituents is 1. The molecule has 3 rings (SSSR count). The Balaban J connectivity index is 2.31. The monoisotopic (exact) mass is 1710 g/mol. The number of nitrogens with two attached hydrogens (primary N) is 8. The van der Waals surface area contributed by atoms with Crippen LogP contribution in [0, 0.1) is 17.8 Å². The SMILES string of the molecule is CC[C@H](C)[C@@H]1NC(=O)[C@H](CCCN=C(N)N)NC(=O)[C@H](CCCN=C(N)N)NC(=O)[C@H](CC(C)C)NC(=O)[C@H](Cc2ccccc2)NC(=O)CNC(=O)CNC(=O)[C@H](Cc2ccc(O)cc2)NC(=O)CCSCSC[C@@H](C(=O)N[C@@H](CCCCN)C(=O)N[C@@H](CC(C)C)C(=O)N[C@@H](CCCCN)C(=O)O)NC(=O)[C@H](CCCN=C(N)N)NC1=O. The summed E-state index contributed by atoms with van der Waals surface area (Å²) in [6.45, 7) is 9.42. The maximum absolute atomic E-state index is 15.2. The van der Waals surface area contributed by atoms with Crippen molar-refractivity contribution in [1.29, 1.82) is 0 Å². The maximum atomic E-state index is 15.2. The Hall–Kier alpha value is -10.7. The maximum Gasteiger partial charge on any atom is 0.326 e. The van der Waals surface area contributed by atoms with E-state index in [4.69, 9.17) is 45.9 Å². The van der Waals surface area contributed by atoms with Gasteiger partial charge in [-0.25, -0.2) is 4.79 Å². The number of guanidine groups is 3. The third kappa shape index (κ3) is 42.5. The van der Waals surface area contributed by atoms with Gasteiger partial charge < -0.3 is 125 Å². The van der Waals surface area contributed by atoms with E-state index in [1.54, 1.807) is 71.9 Å². The molecule has 2 aromatic rings. The Morgan fingerprint density at radius 3 is 1.47 bits per heavy atom. The molecule has 119 heavy (non-hydrogen) atoms. The Morgan fingerprint density at radius 2 is 0.950 bits per heavy atom. The highest BCUT2D eigenvalue weighted by molar-refractivity contribution is 8.16. The molecule has 40 nitrogen and oxygen atoms in total. The van der Waals surface area contributed by atoms with E-state index in [2.05, 4.69) is 84.1 Å². The average molecular weight is 1710 g/mol. The van der Waals surface area contributed by atoms with Crippen LogP contribution in [0.4, 0.5) is 0 Å². The molecule has 0 saturated carbocycles. The van der Waals surface area contributed by atoms with Gasteiger partial charge in [0.25, 0.3) is 0 Å². The molecule has 12 atom stereocenters. The van der Waals surface area contributed by atoms with Crippen LogP contribution in [-0.4, -0.2) is 240 Å². The molecule has 0 radical (unpaired) electrons. The second-order valence-corrected chi connectivity index (χ2v) is 32.3.